The van der Waals surface area contributed by atoms with E-state index in [1.807, 2.05) is 11.8 Å². The van der Waals surface area contributed by atoms with Crippen molar-refractivity contribution in [2.45, 2.75) is 32.7 Å². The van der Waals surface area contributed by atoms with Crippen LogP contribution in [0.3, 0.4) is 0 Å². The highest BCUT2D eigenvalue weighted by molar-refractivity contribution is 5.92. The molecule has 1 atom stereocenters. The number of para-hydroxylation sites is 1. The summed E-state index contributed by atoms with van der Waals surface area (Å²) in [5, 5.41) is 0. The fourth-order valence-corrected chi connectivity index (χ4v) is 4.55. The first-order valence-electron chi connectivity index (χ1n) is 10.4. The lowest BCUT2D eigenvalue weighted by Crippen LogP contribution is -2.56. The first-order valence-corrected chi connectivity index (χ1v) is 10.4. The average Bonchev–Trinajstić information content (AvgIpc) is 2.74. The van der Waals surface area contributed by atoms with Gasteiger partial charge in [-0.1, -0.05) is 18.2 Å². The second-order valence-electron chi connectivity index (χ2n) is 7.94. The Morgan fingerprint density at radius 2 is 1.75 bits per heavy atom. The van der Waals surface area contributed by atoms with E-state index in [1.54, 1.807) is 0 Å². The fourth-order valence-electron chi connectivity index (χ4n) is 4.55. The number of carbonyl (C=O) groups excluding carboxylic acids is 1. The number of hydrogen-bond acceptors (Lipinski definition) is 5. The molecule has 3 aliphatic heterocycles. The van der Waals surface area contributed by atoms with Crippen LogP contribution in [-0.2, 0) is 14.3 Å². The van der Waals surface area contributed by atoms with Crippen LogP contribution in [0.2, 0.25) is 0 Å². The van der Waals surface area contributed by atoms with E-state index in [0.29, 0.717) is 30.8 Å². The van der Waals surface area contributed by atoms with Crippen molar-refractivity contribution in [3.8, 4) is 0 Å². The third kappa shape index (κ3) is 3.97. The number of rotatable bonds is 3. The van der Waals surface area contributed by atoms with Crippen LogP contribution < -0.4 is 4.90 Å². The Bertz CT molecular complexity index is 740. The zero-order chi connectivity index (χ0) is 19.5. The number of nitrogens with zero attached hydrogens (tertiary/aromatic N) is 3. The number of amides is 1. The summed E-state index contributed by atoms with van der Waals surface area (Å²) in [4.78, 5) is 19.9. The lowest BCUT2D eigenvalue weighted by atomic mass is 10.0. The number of carbonyl (C=O) groups is 1. The van der Waals surface area contributed by atoms with Gasteiger partial charge in [-0.25, -0.2) is 0 Å². The summed E-state index contributed by atoms with van der Waals surface area (Å²) in [5.41, 5.74) is 2.68. The molecule has 2 fully saturated rings. The van der Waals surface area contributed by atoms with E-state index in [0.717, 1.165) is 52.1 Å². The highest BCUT2D eigenvalue weighted by Crippen LogP contribution is 2.25. The highest BCUT2D eigenvalue weighted by Gasteiger charge is 2.33. The molecule has 1 aromatic carbocycles. The smallest absolute Gasteiger partial charge is 0.292 e. The molecular weight excluding hydrogens is 354 g/mol. The predicted molar refractivity (Wildman–Crippen MR) is 109 cm³/mol. The Hall–Kier alpha value is -2.21. The maximum atomic E-state index is 12.9. The lowest BCUT2D eigenvalue weighted by molar-refractivity contribution is -0.135. The molecule has 0 saturated carbocycles. The van der Waals surface area contributed by atoms with Gasteiger partial charge in [0.15, 0.2) is 0 Å². The van der Waals surface area contributed by atoms with Gasteiger partial charge in [0.1, 0.15) is 19.0 Å². The third-order valence-corrected chi connectivity index (χ3v) is 6.13. The zero-order valence-electron chi connectivity index (χ0n) is 17.0. The second kappa shape index (κ2) is 8.43. The second-order valence-corrected chi connectivity index (χ2v) is 7.94. The standard InChI is InChI=1S/C22H31N3O3/c1-17-6-3-4-8-20(17)24-12-10-23(11-13-24)19-7-5-9-25(16-19)22(26)21-18(2)27-14-15-28-21/h3-4,6,8,19H,5,7,9-16H2,1-2H3/t19-/m1/s1. The van der Waals surface area contributed by atoms with Gasteiger partial charge in [0.05, 0.1) is 0 Å². The topological polar surface area (TPSA) is 45.3 Å². The van der Waals surface area contributed by atoms with Gasteiger partial charge in [-0.2, -0.15) is 0 Å². The fraction of sp³-hybridized carbons (Fsp3) is 0.591. The van der Waals surface area contributed by atoms with Crippen molar-refractivity contribution in [2.24, 2.45) is 0 Å². The van der Waals surface area contributed by atoms with Crippen molar-refractivity contribution >= 4 is 11.6 Å². The summed E-state index contributed by atoms with van der Waals surface area (Å²) in [6.07, 6.45) is 2.20. The van der Waals surface area contributed by atoms with Gasteiger partial charge in [0.25, 0.3) is 5.91 Å². The van der Waals surface area contributed by atoms with E-state index < -0.39 is 0 Å². The lowest BCUT2D eigenvalue weighted by Gasteiger charge is -2.44. The number of likely N-dealkylation sites (tertiary alicyclic amines) is 1. The number of piperidine rings is 1. The molecule has 0 unspecified atom stereocenters. The summed E-state index contributed by atoms with van der Waals surface area (Å²) < 4.78 is 11.1. The van der Waals surface area contributed by atoms with E-state index >= 15 is 0 Å². The van der Waals surface area contributed by atoms with Crippen molar-refractivity contribution in [1.29, 1.82) is 0 Å². The molecule has 6 heteroatoms. The predicted octanol–water partition coefficient (Wildman–Crippen LogP) is 2.39. The number of benzene rings is 1. The highest BCUT2D eigenvalue weighted by atomic mass is 16.6. The van der Waals surface area contributed by atoms with Crippen molar-refractivity contribution < 1.29 is 14.3 Å². The van der Waals surface area contributed by atoms with Crippen LogP contribution in [0.4, 0.5) is 5.69 Å². The molecule has 6 nitrogen and oxygen atoms in total. The largest absolute Gasteiger partial charge is 0.491 e. The van der Waals surface area contributed by atoms with Crippen LogP contribution in [0, 0.1) is 6.92 Å². The summed E-state index contributed by atoms with van der Waals surface area (Å²) in [6.45, 7) is 10.7. The molecule has 2 saturated heterocycles. The third-order valence-electron chi connectivity index (χ3n) is 6.13. The van der Waals surface area contributed by atoms with Crippen molar-refractivity contribution in [3.63, 3.8) is 0 Å². The zero-order valence-corrected chi connectivity index (χ0v) is 17.0. The van der Waals surface area contributed by atoms with E-state index in [-0.39, 0.29) is 5.91 Å². The van der Waals surface area contributed by atoms with E-state index in [9.17, 15) is 4.79 Å². The molecule has 0 N–H and O–H groups in total. The molecule has 0 aliphatic carbocycles. The normalized spacial score (nSPS) is 24.0. The molecular formula is C22H31N3O3. The molecule has 0 radical (unpaired) electrons. The van der Waals surface area contributed by atoms with Crippen LogP contribution in [0.25, 0.3) is 0 Å². The molecule has 152 valence electrons. The summed E-state index contributed by atoms with van der Waals surface area (Å²) in [7, 11) is 0. The molecule has 3 aliphatic rings. The average molecular weight is 386 g/mol. The van der Waals surface area contributed by atoms with Crippen LogP contribution in [-0.4, -0.2) is 74.2 Å². The molecule has 4 rings (SSSR count). The van der Waals surface area contributed by atoms with Crippen LogP contribution in [0.5, 0.6) is 0 Å². The summed E-state index contributed by atoms with van der Waals surface area (Å²) in [5.74, 6) is 1.00. The van der Waals surface area contributed by atoms with Crippen LogP contribution in [0.1, 0.15) is 25.3 Å². The van der Waals surface area contributed by atoms with E-state index in [4.69, 9.17) is 9.47 Å². The van der Waals surface area contributed by atoms with Gasteiger partial charge < -0.3 is 19.3 Å². The number of hydrogen-bond donors (Lipinski definition) is 0. The first-order chi connectivity index (χ1) is 13.6. The Morgan fingerprint density at radius 1 is 1.00 bits per heavy atom. The quantitative estimate of drug-likeness (QED) is 0.800. The summed E-state index contributed by atoms with van der Waals surface area (Å²) >= 11 is 0. The van der Waals surface area contributed by atoms with E-state index in [2.05, 4.69) is 41.0 Å². The number of ether oxygens (including phenoxy) is 2. The van der Waals surface area contributed by atoms with Crippen molar-refractivity contribution in [3.05, 3.63) is 41.3 Å². The molecule has 3 heterocycles. The molecule has 0 spiro atoms. The minimum absolute atomic E-state index is 0.0135. The van der Waals surface area contributed by atoms with Crippen LogP contribution >= 0.6 is 0 Å². The molecule has 0 aromatic heterocycles. The number of aryl methyl sites for hydroxylation is 1. The molecule has 1 amide bonds. The van der Waals surface area contributed by atoms with Gasteiger partial charge in [0.2, 0.25) is 5.76 Å². The Morgan fingerprint density at radius 3 is 2.50 bits per heavy atom. The maximum absolute atomic E-state index is 12.9. The molecule has 0 bridgehead atoms. The maximum Gasteiger partial charge on any atom is 0.292 e. The number of allylic oxidation sites excluding steroid dienone is 1. The number of piperazine rings is 1. The number of anilines is 1. The van der Waals surface area contributed by atoms with Gasteiger partial charge >= 0.3 is 0 Å². The summed E-state index contributed by atoms with van der Waals surface area (Å²) in [6, 6.07) is 9.05. The van der Waals surface area contributed by atoms with E-state index in [1.165, 1.54) is 11.3 Å². The Labute approximate surface area is 167 Å². The monoisotopic (exact) mass is 385 g/mol. The van der Waals surface area contributed by atoms with Gasteiger partial charge in [-0.15, -0.1) is 0 Å². The van der Waals surface area contributed by atoms with Gasteiger partial charge in [-0.05, 0) is 38.3 Å². The first kappa shape index (κ1) is 19.1. The Balaban J connectivity index is 1.35. The SMILES string of the molecule is CC1=C(C(=O)N2CCC[C@@H](N3CCN(c4ccccc4C)CC3)C2)OCCO1. The van der Waals surface area contributed by atoms with Gasteiger partial charge in [-0.3, -0.25) is 9.69 Å². The molecule has 1 aromatic rings. The van der Waals surface area contributed by atoms with Crippen molar-refractivity contribution in [1.82, 2.24) is 9.80 Å². The van der Waals surface area contributed by atoms with Gasteiger partial charge in [0, 0.05) is 51.0 Å². The minimum Gasteiger partial charge on any atom is -0.491 e. The van der Waals surface area contributed by atoms with Crippen LogP contribution in [0.15, 0.2) is 35.8 Å². The molecule has 28 heavy (non-hydrogen) atoms. The Kier molecular flexibility index (Phi) is 5.76. The van der Waals surface area contributed by atoms with Crippen molar-refractivity contribution in [2.75, 3.05) is 57.4 Å². The minimum atomic E-state index is -0.0135.